The van der Waals surface area contributed by atoms with Crippen LogP contribution in [0.15, 0.2) is 36.4 Å². The first-order chi connectivity index (χ1) is 11.3. The van der Waals surface area contributed by atoms with Crippen molar-refractivity contribution in [1.82, 2.24) is 0 Å². The number of nitrogens with one attached hydrogen (secondary N) is 1. The molecule has 0 aromatic heterocycles. The van der Waals surface area contributed by atoms with Crippen molar-refractivity contribution < 1.29 is 27.4 Å². The zero-order valence-corrected chi connectivity index (χ0v) is 12.9. The Hall–Kier alpha value is -2.41. The Bertz CT molecular complexity index is 793. The summed E-state index contributed by atoms with van der Waals surface area (Å²) in [6.45, 7) is 0.785. The lowest BCUT2D eigenvalue weighted by atomic mass is 10.1. The Balaban J connectivity index is 1.82. The Morgan fingerprint density at radius 3 is 2.46 bits per heavy atom. The molecule has 1 heterocycles. The zero-order chi connectivity index (χ0) is 17.3. The van der Waals surface area contributed by atoms with Crippen molar-refractivity contribution in [3.8, 4) is 11.5 Å². The molecule has 24 heavy (non-hydrogen) atoms. The van der Waals surface area contributed by atoms with Gasteiger partial charge in [-0.05, 0) is 36.4 Å². The molecule has 0 saturated carbocycles. The average Bonchev–Trinajstić information content (AvgIpc) is 2.55. The van der Waals surface area contributed by atoms with E-state index in [1.807, 2.05) is 0 Å². The summed E-state index contributed by atoms with van der Waals surface area (Å²) < 4.78 is 49.3. The van der Waals surface area contributed by atoms with Crippen LogP contribution in [-0.2, 0) is 6.18 Å². The number of anilines is 1. The highest BCUT2D eigenvalue weighted by Crippen LogP contribution is 2.36. The maximum atomic E-state index is 12.9. The smallest absolute Gasteiger partial charge is 0.417 e. The van der Waals surface area contributed by atoms with Gasteiger partial charge in [0.1, 0.15) is 13.2 Å². The van der Waals surface area contributed by atoms with Crippen molar-refractivity contribution >= 4 is 23.2 Å². The molecule has 0 aliphatic carbocycles. The minimum absolute atomic E-state index is 0.00776. The quantitative estimate of drug-likeness (QED) is 0.867. The fraction of sp³-hybridized carbons (Fsp3) is 0.188. The van der Waals surface area contributed by atoms with E-state index in [0.717, 1.165) is 12.1 Å². The van der Waals surface area contributed by atoms with Crippen molar-refractivity contribution in [2.45, 2.75) is 6.18 Å². The standard InChI is InChI=1S/C16H11ClF3NO3/c17-12-3-2-10(8-11(12)16(18,19)20)21-15(22)9-1-4-13-14(7-9)24-6-5-23-13/h1-4,7-8H,5-6H2,(H,21,22). The van der Waals surface area contributed by atoms with Gasteiger partial charge >= 0.3 is 6.18 Å². The third-order valence-electron chi connectivity index (χ3n) is 3.33. The molecule has 1 N–H and O–H groups in total. The third-order valence-corrected chi connectivity index (χ3v) is 3.66. The first-order valence-corrected chi connectivity index (χ1v) is 7.30. The molecule has 0 spiro atoms. The van der Waals surface area contributed by atoms with Crippen LogP contribution in [0.5, 0.6) is 11.5 Å². The van der Waals surface area contributed by atoms with E-state index in [0.29, 0.717) is 24.7 Å². The van der Waals surface area contributed by atoms with Gasteiger partial charge in [0.15, 0.2) is 11.5 Å². The van der Waals surface area contributed by atoms with Gasteiger partial charge in [0, 0.05) is 11.3 Å². The fourth-order valence-corrected chi connectivity index (χ4v) is 2.43. The van der Waals surface area contributed by atoms with Crippen LogP contribution in [0, 0.1) is 0 Å². The van der Waals surface area contributed by atoms with E-state index in [-0.39, 0.29) is 11.3 Å². The number of ether oxygens (including phenoxy) is 2. The topological polar surface area (TPSA) is 47.6 Å². The second-order valence-corrected chi connectivity index (χ2v) is 5.41. The lowest BCUT2D eigenvalue weighted by molar-refractivity contribution is -0.137. The summed E-state index contributed by atoms with van der Waals surface area (Å²) in [4.78, 5) is 12.2. The summed E-state index contributed by atoms with van der Waals surface area (Å²) in [6, 6.07) is 7.73. The van der Waals surface area contributed by atoms with Gasteiger partial charge in [0.25, 0.3) is 5.91 Å². The molecule has 8 heteroatoms. The highest BCUT2D eigenvalue weighted by atomic mass is 35.5. The molecule has 2 aromatic rings. The van der Waals surface area contributed by atoms with Crippen LogP contribution in [0.2, 0.25) is 5.02 Å². The molecule has 1 aliphatic heterocycles. The normalized spacial score (nSPS) is 13.5. The van der Waals surface area contributed by atoms with Crippen LogP contribution in [0.3, 0.4) is 0 Å². The zero-order valence-electron chi connectivity index (χ0n) is 12.1. The maximum absolute atomic E-state index is 12.9. The van der Waals surface area contributed by atoms with Gasteiger partial charge in [-0.3, -0.25) is 4.79 Å². The van der Waals surface area contributed by atoms with Crippen molar-refractivity contribution in [1.29, 1.82) is 0 Å². The predicted molar refractivity (Wildman–Crippen MR) is 81.8 cm³/mol. The molecule has 126 valence electrons. The molecule has 0 fully saturated rings. The lowest BCUT2D eigenvalue weighted by Crippen LogP contribution is -2.17. The van der Waals surface area contributed by atoms with Crippen molar-refractivity contribution in [2.24, 2.45) is 0 Å². The van der Waals surface area contributed by atoms with Crippen LogP contribution in [0.4, 0.5) is 18.9 Å². The third kappa shape index (κ3) is 3.41. The Morgan fingerprint density at radius 2 is 1.75 bits per heavy atom. The van der Waals surface area contributed by atoms with E-state index in [1.165, 1.54) is 18.2 Å². The van der Waals surface area contributed by atoms with Gasteiger partial charge in [-0.1, -0.05) is 11.6 Å². The number of alkyl halides is 3. The molecule has 0 unspecified atom stereocenters. The molecular formula is C16H11ClF3NO3. The number of benzene rings is 2. The number of carbonyl (C=O) groups excluding carboxylic acids is 1. The fourth-order valence-electron chi connectivity index (χ4n) is 2.21. The number of carbonyl (C=O) groups is 1. The molecule has 4 nitrogen and oxygen atoms in total. The molecule has 0 bridgehead atoms. The van der Waals surface area contributed by atoms with Gasteiger partial charge in [-0.2, -0.15) is 13.2 Å². The summed E-state index contributed by atoms with van der Waals surface area (Å²) in [7, 11) is 0. The SMILES string of the molecule is O=C(Nc1ccc(Cl)c(C(F)(F)F)c1)c1ccc2c(c1)OCCO2. The van der Waals surface area contributed by atoms with Gasteiger partial charge in [0.2, 0.25) is 0 Å². The Labute approximate surface area is 140 Å². The second-order valence-electron chi connectivity index (χ2n) is 5.00. The van der Waals surface area contributed by atoms with Crippen LogP contribution in [0.25, 0.3) is 0 Å². The number of hydrogen-bond acceptors (Lipinski definition) is 3. The number of rotatable bonds is 2. The molecule has 0 radical (unpaired) electrons. The van der Waals surface area contributed by atoms with E-state index in [1.54, 1.807) is 6.07 Å². The molecule has 3 rings (SSSR count). The monoisotopic (exact) mass is 357 g/mol. The summed E-state index contributed by atoms with van der Waals surface area (Å²) >= 11 is 5.55. The Morgan fingerprint density at radius 1 is 1.04 bits per heavy atom. The Kier molecular flexibility index (Phi) is 4.28. The van der Waals surface area contributed by atoms with Crippen molar-refractivity contribution in [3.05, 3.63) is 52.5 Å². The van der Waals surface area contributed by atoms with Gasteiger partial charge in [-0.25, -0.2) is 0 Å². The van der Waals surface area contributed by atoms with Crippen LogP contribution in [0.1, 0.15) is 15.9 Å². The van der Waals surface area contributed by atoms with Crippen LogP contribution in [-0.4, -0.2) is 19.1 Å². The number of fused-ring (bicyclic) bond motifs is 1. The minimum Gasteiger partial charge on any atom is -0.486 e. The summed E-state index contributed by atoms with van der Waals surface area (Å²) in [5, 5.41) is 1.98. The largest absolute Gasteiger partial charge is 0.486 e. The molecule has 1 amide bonds. The second kappa shape index (κ2) is 6.24. The first kappa shape index (κ1) is 16.4. The van der Waals surface area contributed by atoms with Crippen molar-refractivity contribution in [2.75, 3.05) is 18.5 Å². The van der Waals surface area contributed by atoms with Gasteiger partial charge in [-0.15, -0.1) is 0 Å². The minimum atomic E-state index is -4.60. The predicted octanol–water partition coefficient (Wildman–Crippen LogP) is 4.38. The lowest BCUT2D eigenvalue weighted by Gasteiger charge is -2.18. The van der Waals surface area contributed by atoms with E-state index in [4.69, 9.17) is 21.1 Å². The summed E-state index contributed by atoms with van der Waals surface area (Å²) in [6.07, 6.45) is -4.60. The van der Waals surface area contributed by atoms with E-state index >= 15 is 0 Å². The molecular weight excluding hydrogens is 347 g/mol. The maximum Gasteiger partial charge on any atom is 0.417 e. The molecule has 1 aliphatic rings. The highest BCUT2D eigenvalue weighted by Gasteiger charge is 2.33. The van der Waals surface area contributed by atoms with E-state index < -0.39 is 22.7 Å². The van der Waals surface area contributed by atoms with E-state index in [9.17, 15) is 18.0 Å². The number of hydrogen-bond donors (Lipinski definition) is 1. The molecule has 0 saturated heterocycles. The van der Waals surface area contributed by atoms with E-state index in [2.05, 4.69) is 5.32 Å². The first-order valence-electron chi connectivity index (χ1n) is 6.92. The van der Waals surface area contributed by atoms with Crippen LogP contribution >= 0.6 is 11.6 Å². The molecule has 0 atom stereocenters. The number of amides is 1. The molecule has 2 aromatic carbocycles. The van der Waals surface area contributed by atoms with Crippen molar-refractivity contribution in [3.63, 3.8) is 0 Å². The highest BCUT2D eigenvalue weighted by molar-refractivity contribution is 6.31. The number of halogens is 4. The van der Waals surface area contributed by atoms with Crippen LogP contribution < -0.4 is 14.8 Å². The van der Waals surface area contributed by atoms with Gasteiger partial charge < -0.3 is 14.8 Å². The summed E-state index contributed by atoms with van der Waals surface area (Å²) in [5.74, 6) is 0.368. The average molecular weight is 358 g/mol. The summed E-state index contributed by atoms with van der Waals surface area (Å²) in [5.41, 5.74) is -0.779. The van der Waals surface area contributed by atoms with Gasteiger partial charge in [0.05, 0.1) is 10.6 Å².